The number of hydrogen-bond acceptors (Lipinski definition) is 6. The summed E-state index contributed by atoms with van der Waals surface area (Å²) in [7, 11) is -1.60. The van der Waals surface area contributed by atoms with Gasteiger partial charge in [0.25, 0.3) is 0 Å². The smallest absolute Gasteiger partial charge is 0.234 e. The molecule has 0 bridgehead atoms. The molecule has 1 amide bonds. The predicted molar refractivity (Wildman–Crippen MR) is 98.9 cm³/mol. The second-order valence-electron chi connectivity index (χ2n) is 6.29. The summed E-state index contributed by atoms with van der Waals surface area (Å²) in [6, 6.07) is 7.31. The van der Waals surface area contributed by atoms with E-state index in [2.05, 4.69) is 10.0 Å². The summed E-state index contributed by atoms with van der Waals surface area (Å²) >= 11 is 0. The molecule has 2 N–H and O–H groups in total. The molecule has 1 aromatic carbocycles. The number of hydrogen-bond donors (Lipinski definition) is 2. The third-order valence-corrected chi connectivity index (χ3v) is 4.85. The van der Waals surface area contributed by atoms with Gasteiger partial charge < -0.3 is 14.8 Å². The number of likely N-dealkylation sites (tertiary alicyclic amines) is 1. The molecule has 9 heteroatoms. The number of piperidine rings is 1. The molecule has 0 atom stereocenters. The summed E-state index contributed by atoms with van der Waals surface area (Å²) in [6.07, 6.45) is 2.58. The highest BCUT2D eigenvalue weighted by molar-refractivity contribution is 7.88. The maximum atomic E-state index is 12.0. The van der Waals surface area contributed by atoms with Crippen LogP contribution < -0.4 is 19.5 Å². The van der Waals surface area contributed by atoms with Crippen molar-refractivity contribution in [1.29, 1.82) is 0 Å². The van der Waals surface area contributed by atoms with Gasteiger partial charge in [0.1, 0.15) is 6.61 Å². The van der Waals surface area contributed by atoms with Crippen molar-refractivity contribution >= 4 is 15.9 Å². The van der Waals surface area contributed by atoms with Crippen molar-refractivity contribution in [3.05, 3.63) is 24.3 Å². The number of nitrogens with one attached hydrogen (secondary N) is 2. The molecular formula is C17H27N3O5S. The van der Waals surface area contributed by atoms with E-state index >= 15 is 0 Å². The monoisotopic (exact) mass is 385 g/mol. The number of carbonyl (C=O) groups excluding carboxylic acids is 1. The van der Waals surface area contributed by atoms with Crippen molar-refractivity contribution in [2.45, 2.75) is 18.9 Å². The van der Waals surface area contributed by atoms with Gasteiger partial charge in [-0.25, -0.2) is 13.1 Å². The fourth-order valence-corrected chi connectivity index (χ4v) is 3.70. The van der Waals surface area contributed by atoms with Crippen LogP contribution in [-0.4, -0.2) is 71.4 Å². The Labute approximate surface area is 154 Å². The first-order valence-corrected chi connectivity index (χ1v) is 10.5. The number of amides is 1. The molecule has 2 rings (SSSR count). The Morgan fingerprint density at radius 1 is 1.23 bits per heavy atom. The molecule has 0 spiro atoms. The molecule has 1 saturated heterocycles. The minimum absolute atomic E-state index is 0.0430. The van der Waals surface area contributed by atoms with E-state index < -0.39 is 10.0 Å². The molecule has 0 aromatic heterocycles. The minimum Gasteiger partial charge on any atom is -0.493 e. The Hall–Kier alpha value is -1.84. The minimum atomic E-state index is -3.18. The van der Waals surface area contributed by atoms with E-state index in [4.69, 9.17) is 9.47 Å². The van der Waals surface area contributed by atoms with Gasteiger partial charge in [0.2, 0.25) is 15.9 Å². The van der Waals surface area contributed by atoms with Crippen LogP contribution in [0.3, 0.4) is 0 Å². The van der Waals surface area contributed by atoms with Crippen molar-refractivity contribution in [1.82, 2.24) is 14.9 Å². The number of para-hydroxylation sites is 2. The molecule has 0 saturated carbocycles. The van der Waals surface area contributed by atoms with Crippen molar-refractivity contribution in [2.75, 3.05) is 46.2 Å². The molecule has 26 heavy (non-hydrogen) atoms. The molecule has 8 nitrogen and oxygen atoms in total. The lowest BCUT2D eigenvalue weighted by molar-refractivity contribution is -0.122. The molecule has 0 aliphatic carbocycles. The maximum Gasteiger partial charge on any atom is 0.234 e. The fraction of sp³-hybridized carbons (Fsp3) is 0.588. The highest BCUT2D eigenvalue weighted by Crippen LogP contribution is 2.25. The summed E-state index contributed by atoms with van der Waals surface area (Å²) in [5, 5.41) is 2.83. The van der Waals surface area contributed by atoms with Crippen molar-refractivity contribution < 1.29 is 22.7 Å². The third kappa shape index (κ3) is 7.19. The Balaban J connectivity index is 1.62. The van der Waals surface area contributed by atoms with Crippen molar-refractivity contribution in [3.8, 4) is 11.5 Å². The van der Waals surface area contributed by atoms with Crippen LogP contribution in [0.25, 0.3) is 0 Å². The lowest BCUT2D eigenvalue weighted by Gasteiger charge is -2.31. The Bertz CT molecular complexity index is 687. The molecule has 1 aromatic rings. The number of rotatable bonds is 9. The Morgan fingerprint density at radius 2 is 1.88 bits per heavy atom. The zero-order valence-corrected chi connectivity index (χ0v) is 16.0. The standard InChI is InChI=1S/C17H27N3O5S/c1-24-15-5-3-4-6-16(15)25-12-9-18-17(21)13-20-10-7-14(8-11-20)19-26(2,22)23/h3-6,14,19H,7-13H2,1-2H3,(H,18,21). The fourth-order valence-electron chi connectivity index (χ4n) is 2.86. The quantitative estimate of drug-likeness (QED) is 0.590. The van der Waals surface area contributed by atoms with Crippen molar-refractivity contribution in [3.63, 3.8) is 0 Å². The summed E-state index contributed by atoms with van der Waals surface area (Å²) in [6.45, 7) is 2.45. The summed E-state index contributed by atoms with van der Waals surface area (Å²) < 4.78 is 35.9. The van der Waals surface area contributed by atoms with E-state index in [0.29, 0.717) is 57.1 Å². The van der Waals surface area contributed by atoms with Crippen LogP contribution in [-0.2, 0) is 14.8 Å². The highest BCUT2D eigenvalue weighted by Gasteiger charge is 2.22. The van der Waals surface area contributed by atoms with E-state index in [1.54, 1.807) is 7.11 Å². The zero-order valence-electron chi connectivity index (χ0n) is 15.2. The average molecular weight is 385 g/mol. The molecule has 1 heterocycles. The van der Waals surface area contributed by atoms with Gasteiger partial charge in [-0.1, -0.05) is 12.1 Å². The predicted octanol–water partition coefficient (Wildman–Crippen LogP) is 0.204. The topological polar surface area (TPSA) is 97.0 Å². The van der Waals surface area contributed by atoms with Crippen LogP contribution in [0.15, 0.2) is 24.3 Å². The largest absolute Gasteiger partial charge is 0.493 e. The van der Waals surface area contributed by atoms with Crippen molar-refractivity contribution in [2.24, 2.45) is 0 Å². The highest BCUT2D eigenvalue weighted by atomic mass is 32.2. The first-order chi connectivity index (χ1) is 12.4. The SMILES string of the molecule is COc1ccccc1OCCNC(=O)CN1CCC(NS(C)(=O)=O)CC1. The molecule has 0 unspecified atom stereocenters. The number of sulfonamides is 1. The third-order valence-electron chi connectivity index (χ3n) is 4.09. The van der Waals surface area contributed by atoms with Gasteiger partial charge in [-0.05, 0) is 25.0 Å². The second kappa shape index (κ2) is 9.75. The molecule has 0 radical (unpaired) electrons. The number of methoxy groups -OCH3 is 1. The lowest BCUT2D eigenvalue weighted by atomic mass is 10.1. The van der Waals surface area contributed by atoms with E-state index in [-0.39, 0.29) is 11.9 Å². The first kappa shape index (κ1) is 20.5. The van der Waals surface area contributed by atoms with Gasteiger partial charge in [-0.2, -0.15) is 0 Å². The van der Waals surface area contributed by atoms with Crippen LogP contribution in [0.1, 0.15) is 12.8 Å². The van der Waals surface area contributed by atoms with Gasteiger partial charge in [0.15, 0.2) is 11.5 Å². The maximum absolute atomic E-state index is 12.0. The van der Waals surface area contributed by atoms with E-state index in [0.717, 1.165) is 0 Å². The van der Waals surface area contributed by atoms with Crippen LogP contribution in [0.2, 0.25) is 0 Å². The second-order valence-corrected chi connectivity index (χ2v) is 8.07. The number of ether oxygens (including phenoxy) is 2. The molecule has 1 aliphatic rings. The number of benzene rings is 1. The van der Waals surface area contributed by atoms with Gasteiger partial charge in [0.05, 0.1) is 26.5 Å². The van der Waals surface area contributed by atoms with Gasteiger partial charge in [-0.15, -0.1) is 0 Å². The summed E-state index contributed by atoms with van der Waals surface area (Å²) in [4.78, 5) is 14.0. The Kier molecular flexibility index (Phi) is 7.67. The number of carbonyl (C=O) groups is 1. The van der Waals surface area contributed by atoms with Gasteiger partial charge in [0, 0.05) is 19.1 Å². The summed E-state index contributed by atoms with van der Waals surface area (Å²) in [5.74, 6) is 1.23. The molecular weight excluding hydrogens is 358 g/mol. The van der Waals surface area contributed by atoms with Gasteiger partial charge in [-0.3, -0.25) is 9.69 Å². The number of nitrogens with zero attached hydrogens (tertiary/aromatic N) is 1. The van der Waals surface area contributed by atoms with Crippen LogP contribution in [0, 0.1) is 0 Å². The lowest BCUT2D eigenvalue weighted by Crippen LogP contribution is -2.47. The zero-order chi connectivity index (χ0) is 19.0. The van der Waals surface area contributed by atoms with Crippen LogP contribution in [0.4, 0.5) is 0 Å². The van der Waals surface area contributed by atoms with E-state index in [1.165, 1.54) is 6.26 Å². The first-order valence-electron chi connectivity index (χ1n) is 8.59. The molecule has 1 aliphatic heterocycles. The summed E-state index contributed by atoms with van der Waals surface area (Å²) in [5.41, 5.74) is 0. The molecule has 146 valence electrons. The average Bonchev–Trinajstić information content (AvgIpc) is 2.59. The van der Waals surface area contributed by atoms with E-state index in [9.17, 15) is 13.2 Å². The van der Waals surface area contributed by atoms with E-state index in [1.807, 2.05) is 29.2 Å². The molecule has 1 fully saturated rings. The van der Waals surface area contributed by atoms with Crippen LogP contribution >= 0.6 is 0 Å². The normalized spacial score (nSPS) is 16.2. The van der Waals surface area contributed by atoms with Gasteiger partial charge >= 0.3 is 0 Å². The Morgan fingerprint density at radius 3 is 2.50 bits per heavy atom. The van der Waals surface area contributed by atoms with Crippen LogP contribution in [0.5, 0.6) is 11.5 Å².